The van der Waals surface area contributed by atoms with Crippen molar-refractivity contribution in [2.75, 3.05) is 19.6 Å². The van der Waals surface area contributed by atoms with Crippen LogP contribution in [0.2, 0.25) is 5.02 Å². The number of carbonyl (C=O) groups is 2. The van der Waals surface area contributed by atoms with Crippen LogP contribution >= 0.6 is 11.6 Å². The Morgan fingerprint density at radius 2 is 1.40 bits per heavy atom. The van der Waals surface area contributed by atoms with Gasteiger partial charge >= 0.3 is 0 Å². The van der Waals surface area contributed by atoms with E-state index < -0.39 is 28.5 Å². The molecule has 0 radical (unpaired) electrons. The van der Waals surface area contributed by atoms with Gasteiger partial charge in [-0.05, 0) is 46.5 Å². The van der Waals surface area contributed by atoms with Crippen LogP contribution in [0.5, 0.6) is 11.5 Å². The molecule has 4 aromatic rings. The van der Waals surface area contributed by atoms with Crippen LogP contribution < -0.4 is 14.8 Å². The highest BCUT2D eigenvalue weighted by molar-refractivity contribution is 7.88. The van der Waals surface area contributed by atoms with Crippen LogP contribution in [-0.2, 0) is 45.7 Å². The minimum Gasteiger partial charge on any atom is -0.454 e. The lowest BCUT2D eigenvalue weighted by molar-refractivity contribution is -0.141. The van der Waals surface area contributed by atoms with E-state index in [0.29, 0.717) is 16.5 Å². The average Bonchev–Trinajstić information content (AvgIpc) is 3.51. The predicted molar refractivity (Wildman–Crippen MR) is 172 cm³/mol. The molecule has 11 heteroatoms. The Balaban J connectivity index is 1.45. The van der Waals surface area contributed by atoms with Crippen molar-refractivity contribution in [2.45, 2.75) is 32.1 Å². The summed E-state index contributed by atoms with van der Waals surface area (Å²) in [4.78, 5) is 29.6. The van der Waals surface area contributed by atoms with E-state index in [1.54, 1.807) is 48.5 Å². The largest absolute Gasteiger partial charge is 0.454 e. The van der Waals surface area contributed by atoms with Crippen molar-refractivity contribution >= 4 is 33.4 Å². The van der Waals surface area contributed by atoms with Gasteiger partial charge in [-0.1, -0.05) is 90.5 Å². The molecule has 1 N–H and O–H groups in total. The van der Waals surface area contributed by atoms with Crippen LogP contribution in [0.1, 0.15) is 22.3 Å². The number of ether oxygens (including phenoxy) is 2. The van der Waals surface area contributed by atoms with Gasteiger partial charge in [-0.3, -0.25) is 9.59 Å². The molecule has 1 heterocycles. The fraction of sp³-hybridized carbons (Fsp3) is 0.235. The lowest BCUT2D eigenvalue weighted by atomic mass is 10.0. The summed E-state index contributed by atoms with van der Waals surface area (Å²) in [6.45, 7) is -0.0379. The van der Waals surface area contributed by atoms with E-state index in [4.69, 9.17) is 21.1 Å². The quantitative estimate of drug-likeness (QED) is 0.224. The molecule has 234 valence electrons. The number of sulfonamides is 1. The van der Waals surface area contributed by atoms with Crippen molar-refractivity contribution < 1.29 is 27.5 Å². The van der Waals surface area contributed by atoms with E-state index in [-0.39, 0.29) is 38.8 Å². The molecule has 0 bridgehead atoms. The number of halogens is 1. The number of nitrogens with zero attached hydrogens (tertiary/aromatic N) is 2. The zero-order valence-electron chi connectivity index (χ0n) is 24.8. The van der Waals surface area contributed by atoms with Crippen LogP contribution in [0.25, 0.3) is 0 Å². The lowest BCUT2D eigenvalue weighted by Gasteiger charge is -2.33. The van der Waals surface area contributed by atoms with Crippen LogP contribution in [-0.4, -0.2) is 55.1 Å². The van der Waals surface area contributed by atoms with Crippen molar-refractivity contribution in [2.24, 2.45) is 0 Å². The molecule has 1 unspecified atom stereocenters. The molecule has 1 aliphatic heterocycles. The monoisotopic (exact) mass is 647 g/mol. The highest BCUT2D eigenvalue weighted by Crippen LogP contribution is 2.32. The SMILES string of the molecule is CS(=O)(=O)N(CC(=O)N(Cc1ccc(Cl)cc1)C(Cc1ccccc1)C(=O)NCc1ccc2c(c1)OCO2)Cc1ccccc1. The van der Waals surface area contributed by atoms with Crippen molar-refractivity contribution in [1.29, 1.82) is 0 Å². The summed E-state index contributed by atoms with van der Waals surface area (Å²) in [5, 5.41) is 3.51. The van der Waals surface area contributed by atoms with Crippen molar-refractivity contribution in [1.82, 2.24) is 14.5 Å². The van der Waals surface area contributed by atoms with E-state index in [2.05, 4.69) is 5.32 Å². The molecule has 4 aromatic carbocycles. The molecule has 9 nitrogen and oxygen atoms in total. The normalized spacial score (nSPS) is 13.0. The summed E-state index contributed by atoms with van der Waals surface area (Å²) in [7, 11) is -3.78. The van der Waals surface area contributed by atoms with E-state index in [1.165, 1.54) is 4.90 Å². The van der Waals surface area contributed by atoms with Gasteiger partial charge in [0.2, 0.25) is 28.6 Å². The van der Waals surface area contributed by atoms with Gasteiger partial charge in [-0.2, -0.15) is 4.31 Å². The Morgan fingerprint density at radius 3 is 2.07 bits per heavy atom. The molecule has 0 spiro atoms. The summed E-state index contributed by atoms with van der Waals surface area (Å²) in [6.07, 6.45) is 1.29. The average molecular weight is 648 g/mol. The van der Waals surface area contributed by atoms with Gasteiger partial charge in [0.25, 0.3) is 0 Å². The molecular weight excluding hydrogens is 614 g/mol. The van der Waals surface area contributed by atoms with E-state index in [0.717, 1.165) is 32.8 Å². The van der Waals surface area contributed by atoms with Crippen LogP contribution in [0, 0.1) is 0 Å². The molecule has 1 aliphatic rings. The first-order chi connectivity index (χ1) is 21.7. The fourth-order valence-electron chi connectivity index (χ4n) is 5.02. The zero-order chi connectivity index (χ0) is 31.8. The van der Waals surface area contributed by atoms with Gasteiger partial charge in [0.15, 0.2) is 11.5 Å². The first-order valence-corrected chi connectivity index (χ1v) is 16.6. The summed E-state index contributed by atoms with van der Waals surface area (Å²) < 4.78 is 37.7. The first-order valence-electron chi connectivity index (χ1n) is 14.4. The Labute approximate surface area is 268 Å². The van der Waals surface area contributed by atoms with Crippen LogP contribution in [0.4, 0.5) is 0 Å². The number of rotatable bonds is 13. The van der Waals surface area contributed by atoms with Crippen molar-refractivity contribution in [3.63, 3.8) is 0 Å². The second-order valence-electron chi connectivity index (χ2n) is 10.8. The van der Waals surface area contributed by atoms with E-state index in [9.17, 15) is 18.0 Å². The Bertz CT molecular complexity index is 1720. The molecule has 1 atom stereocenters. The third kappa shape index (κ3) is 8.85. The second kappa shape index (κ2) is 14.6. The number of fused-ring (bicyclic) bond motifs is 1. The van der Waals surface area contributed by atoms with Gasteiger partial charge < -0.3 is 19.7 Å². The summed E-state index contributed by atoms with van der Waals surface area (Å²) in [6, 6.07) is 29.9. The third-order valence-corrected chi connectivity index (χ3v) is 8.87. The van der Waals surface area contributed by atoms with Gasteiger partial charge in [0.1, 0.15) is 6.04 Å². The first kappa shape index (κ1) is 32.0. The lowest BCUT2D eigenvalue weighted by Crippen LogP contribution is -2.53. The maximum absolute atomic E-state index is 14.2. The molecule has 2 amide bonds. The highest BCUT2D eigenvalue weighted by Gasteiger charge is 2.33. The molecular formula is C34H34ClN3O6S. The minimum atomic E-state index is -3.78. The maximum Gasteiger partial charge on any atom is 0.243 e. The maximum atomic E-state index is 14.2. The third-order valence-electron chi connectivity index (χ3n) is 7.42. The van der Waals surface area contributed by atoms with Crippen LogP contribution in [0.15, 0.2) is 103 Å². The molecule has 0 saturated heterocycles. The summed E-state index contributed by atoms with van der Waals surface area (Å²) in [5.41, 5.74) is 3.12. The molecule has 0 aromatic heterocycles. The van der Waals surface area contributed by atoms with E-state index >= 15 is 0 Å². The smallest absolute Gasteiger partial charge is 0.243 e. The topological polar surface area (TPSA) is 105 Å². The molecule has 0 saturated carbocycles. The number of nitrogens with one attached hydrogen (secondary N) is 1. The Hall–Kier alpha value is -4.38. The Morgan fingerprint density at radius 1 is 0.800 bits per heavy atom. The number of hydrogen-bond donors (Lipinski definition) is 1. The van der Waals surface area contributed by atoms with Crippen molar-refractivity contribution in [3.05, 3.63) is 130 Å². The Kier molecular flexibility index (Phi) is 10.4. The number of amides is 2. The summed E-state index contributed by atoms with van der Waals surface area (Å²) >= 11 is 6.13. The van der Waals surface area contributed by atoms with Gasteiger partial charge in [-0.15, -0.1) is 0 Å². The molecule has 0 fully saturated rings. The molecule has 0 aliphatic carbocycles. The van der Waals surface area contributed by atoms with Gasteiger partial charge in [0, 0.05) is 31.1 Å². The number of benzene rings is 4. The second-order valence-corrected chi connectivity index (χ2v) is 13.2. The number of hydrogen-bond acceptors (Lipinski definition) is 6. The highest BCUT2D eigenvalue weighted by atomic mass is 35.5. The van der Waals surface area contributed by atoms with E-state index in [1.807, 2.05) is 54.6 Å². The van der Waals surface area contributed by atoms with Crippen LogP contribution in [0.3, 0.4) is 0 Å². The minimum absolute atomic E-state index is 0.0138. The standard InChI is InChI=1S/C34H34ClN3O6S/c1-45(41,42)37(21-26-10-6-3-7-11-26)23-33(39)38(22-27-12-15-29(35)16-13-27)30(18-25-8-4-2-5-9-25)34(40)36-20-28-14-17-31-32(19-28)44-24-43-31/h2-17,19,30H,18,20-24H2,1H3,(H,36,40). The molecule has 45 heavy (non-hydrogen) atoms. The summed E-state index contributed by atoms with van der Waals surface area (Å²) in [5.74, 6) is 0.345. The van der Waals surface area contributed by atoms with Crippen molar-refractivity contribution in [3.8, 4) is 11.5 Å². The zero-order valence-corrected chi connectivity index (χ0v) is 26.3. The fourth-order valence-corrected chi connectivity index (χ4v) is 5.87. The number of carbonyl (C=O) groups excluding carboxylic acids is 2. The molecule has 5 rings (SSSR count). The predicted octanol–water partition coefficient (Wildman–Crippen LogP) is 4.79. The van der Waals surface area contributed by atoms with Gasteiger partial charge in [-0.25, -0.2) is 8.42 Å². The van der Waals surface area contributed by atoms with Gasteiger partial charge in [0.05, 0.1) is 12.8 Å².